The van der Waals surface area contributed by atoms with Crippen LogP contribution in [0.15, 0.2) is 24.4 Å². The van der Waals surface area contributed by atoms with Crippen LogP contribution in [0.3, 0.4) is 0 Å². The Morgan fingerprint density at radius 3 is 2.61 bits per heavy atom. The molecule has 2 aromatic rings. The molecule has 0 saturated carbocycles. The smallest absolute Gasteiger partial charge is 0.214 e. The molecule has 0 aromatic carbocycles. The molecular weight excluding hydrogens is 252 g/mol. The van der Waals surface area contributed by atoms with E-state index in [2.05, 4.69) is 14.9 Å². The third-order valence-corrected chi connectivity index (χ3v) is 4.61. The minimum atomic E-state index is -3.32. The molecule has 1 atom stereocenters. The summed E-state index contributed by atoms with van der Waals surface area (Å²) in [6, 6.07) is 5.11. The van der Waals surface area contributed by atoms with Gasteiger partial charge in [-0.15, -0.1) is 10.2 Å². The van der Waals surface area contributed by atoms with E-state index in [1.807, 2.05) is 24.4 Å². The van der Waals surface area contributed by atoms with Crippen molar-refractivity contribution in [2.45, 2.75) is 32.1 Å². The highest BCUT2D eigenvalue weighted by Crippen LogP contribution is 2.13. The Bertz CT molecular complexity index is 648. The van der Waals surface area contributed by atoms with Gasteiger partial charge in [0.2, 0.25) is 10.0 Å². The van der Waals surface area contributed by atoms with Gasteiger partial charge in [-0.25, -0.2) is 13.1 Å². The first-order valence-corrected chi connectivity index (χ1v) is 7.27. The van der Waals surface area contributed by atoms with Gasteiger partial charge in [-0.3, -0.25) is 4.40 Å². The van der Waals surface area contributed by atoms with Crippen molar-refractivity contribution in [3.8, 4) is 0 Å². The maximum atomic E-state index is 11.8. The number of pyridine rings is 1. The van der Waals surface area contributed by atoms with E-state index >= 15 is 0 Å². The Balaban J connectivity index is 2.32. The van der Waals surface area contributed by atoms with Gasteiger partial charge in [-0.2, -0.15) is 0 Å². The molecule has 7 heteroatoms. The average molecular weight is 268 g/mol. The summed E-state index contributed by atoms with van der Waals surface area (Å²) in [4.78, 5) is 0. The van der Waals surface area contributed by atoms with Crippen molar-refractivity contribution >= 4 is 15.7 Å². The number of aromatic nitrogens is 3. The second kappa shape index (κ2) is 4.66. The van der Waals surface area contributed by atoms with Crippen LogP contribution >= 0.6 is 0 Å². The highest BCUT2D eigenvalue weighted by Gasteiger charge is 2.22. The fourth-order valence-electron chi connectivity index (χ4n) is 1.59. The molecule has 18 heavy (non-hydrogen) atoms. The first-order valence-electron chi connectivity index (χ1n) is 5.72. The van der Waals surface area contributed by atoms with E-state index < -0.39 is 21.3 Å². The van der Waals surface area contributed by atoms with Crippen molar-refractivity contribution in [2.24, 2.45) is 0 Å². The maximum Gasteiger partial charge on any atom is 0.214 e. The van der Waals surface area contributed by atoms with Gasteiger partial charge in [0.15, 0.2) is 11.5 Å². The number of sulfonamides is 1. The second-order valence-electron chi connectivity index (χ2n) is 4.42. The molecule has 2 rings (SSSR count). The van der Waals surface area contributed by atoms with Gasteiger partial charge in [0.05, 0.1) is 11.3 Å². The van der Waals surface area contributed by atoms with Gasteiger partial charge >= 0.3 is 0 Å². The van der Waals surface area contributed by atoms with Crippen molar-refractivity contribution in [3.05, 3.63) is 30.2 Å². The van der Waals surface area contributed by atoms with E-state index in [0.29, 0.717) is 11.5 Å². The fraction of sp³-hybridized carbons (Fsp3) is 0.455. The maximum absolute atomic E-state index is 11.8. The molecule has 6 nitrogen and oxygen atoms in total. The van der Waals surface area contributed by atoms with Gasteiger partial charge < -0.3 is 0 Å². The largest absolute Gasteiger partial charge is 0.285 e. The topological polar surface area (TPSA) is 76.4 Å². The molecule has 0 aliphatic heterocycles. The highest BCUT2D eigenvalue weighted by molar-refractivity contribution is 7.90. The van der Waals surface area contributed by atoms with Crippen molar-refractivity contribution in [2.75, 3.05) is 0 Å². The third kappa shape index (κ3) is 2.37. The van der Waals surface area contributed by atoms with Crippen LogP contribution in [0.4, 0.5) is 0 Å². The lowest BCUT2D eigenvalue weighted by molar-refractivity contribution is 0.550. The molecule has 2 heterocycles. The zero-order valence-corrected chi connectivity index (χ0v) is 11.3. The standard InChI is InChI=1S/C11H16N4O2S/c1-8(2)18(16,17)14-9(3)11-13-12-10-6-4-5-7-15(10)11/h4-9,14H,1-3H3. The fourth-order valence-corrected chi connectivity index (χ4v) is 2.46. The van der Waals surface area contributed by atoms with Crippen LogP contribution in [0.2, 0.25) is 0 Å². The lowest BCUT2D eigenvalue weighted by atomic mass is 10.3. The van der Waals surface area contributed by atoms with E-state index in [4.69, 9.17) is 0 Å². The number of nitrogens with one attached hydrogen (secondary N) is 1. The highest BCUT2D eigenvalue weighted by atomic mass is 32.2. The normalized spacial score (nSPS) is 14.2. The number of nitrogens with zero attached hydrogens (tertiary/aromatic N) is 3. The summed E-state index contributed by atoms with van der Waals surface area (Å²) in [5.41, 5.74) is 0.697. The van der Waals surface area contributed by atoms with Crippen LogP contribution in [0.5, 0.6) is 0 Å². The molecule has 2 aromatic heterocycles. The SMILES string of the molecule is CC(NS(=O)(=O)C(C)C)c1nnc2ccccn12. The van der Waals surface area contributed by atoms with Crippen molar-refractivity contribution in [1.82, 2.24) is 19.3 Å². The van der Waals surface area contributed by atoms with Gasteiger partial charge in [0.1, 0.15) is 0 Å². The Hall–Kier alpha value is -1.47. The predicted octanol–water partition coefficient (Wildman–Crippen LogP) is 1.12. The molecule has 1 unspecified atom stereocenters. The zero-order chi connectivity index (χ0) is 13.3. The number of rotatable bonds is 4. The lowest BCUT2D eigenvalue weighted by Gasteiger charge is -2.14. The van der Waals surface area contributed by atoms with Gasteiger partial charge in [-0.05, 0) is 32.9 Å². The minimum Gasteiger partial charge on any atom is -0.285 e. The first-order chi connectivity index (χ1) is 8.42. The molecule has 0 aliphatic rings. The second-order valence-corrected chi connectivity index (χ2v) is 6.69. The van der Waals surface area contributed by atoms with Crippen LogP contribution < -0.4 is 4.72 Å². The van der Waals surface area contributed by atoms with Crippen molar-refractivity contribution < 1.29 is 8.42 Å². The van der Waals surface area contributed by atoms with Gasteiger partial charge in [0.25, 0.3) is 0 Å². The van der Waals surface area contributed by atoms with Crippen LogP contribution in [0.25, 0.3) is 5.65 Å². The van der Waals surface area contributed by atoms with E-state index in [0.717, 1.165) is 0 Å². The average Bonchev–Trinajstić information content (AvgIpc) is 2.71. The quantitative estimate of drug-likeness (QED) is 0.901. The Morgan fingerprint density at radius 1 is 1.22 bits per heavy atom. The summed E-state index contributed by atoms with van der Waals surface area (Å²) in [7, 11) is -3.32. The Kier molecular flexibility index (Phi) is 3.36. The van der Waals surface area contributed by atoms with E-state index in [9.17, 15) is 8.42 Å². The van der Waals surface area contributed by atoms with Crippen LogP contribution in [0.1, 0.15) is 32.6 Å². The van der Waals surface area contributed by atoms with Crippen LogP contribution in [-0.4, -0.2) is 28.3 Å². The third-order valence-electron chi connectivity index (χ3n) is 2.69. The molecule has 0 amide bonds. The van der Waals surface area contributed by atoms with Crippen molar-refractivity contribution in [1.29, 1.82) is 0 Å². The molecule has 0 saturated heterocycles. The Morgan fingerprint density at radius 2 is 1.94 bits per heavy atom. The minimum absolute atomic E-state index is 0.421. The van der Waals surface area contributed by atoms with Crippen molar-refractivity contribution in [3.63, 3.8) is 0 Å². The molecule has 0 aliphatic carbocycles. The molecule has 0 fully saturated rings. The summed E-state index contributed by atoms with van der Waals surface area (Å²) < 4.78 is 28.0. The molecular formula is C11H16N4O2S. The number of fused-ring (bicyclic) bond motifs is 1. The van der Waals surface area contributed by atoms with Crippen LogP contribution in [0, 0.1) is 0 Å². The Labute approximate surface area is 106 Å². The first kappa shape index (κ1) is 13.0. The molecule has 1 N–H and O–H groups in total. The number of hydrogen-bond donors (Lipinski definition) is 1. The lowest BCUT2D eigenvalue weighted by Crippen LogP contribution is -2.33. The van der Waals surface area contributed by atoms with Gasteiger partial charge in [-0.1, -0.05) is 6.07 Å². The van der Waals surface area contributed by atoms with E-state index in [1.54, 1.807) is 25.2 Å². The molecule has 0 spiro atoms. The van der Waals surface area contributed by atoms with E-state index in [1.165, 1.54) is 0 Å². The summed E-state index contributed by atoms with van der Waals surface area (Å²) in [6.45, 7) is 5.03. The van der Waals surface area contributed by atoms with Crippen LogP contribution in [-0.2, 0) is 10.0 Å². The molecule has 0 bridgehead atoms. The zero-order valence-electron chi connectivity index (χ0n) is 10.5. The molecule has 0 radical (unpaired) electrons. The molecule has 98 valence electrons. The summed E-state index contributed by atoms with van der Waals surface area (Å²) in [5.74, 6) is 0.579. The summed E-state index contributed by atoms with van der Waals surface area (Å²) >= 11 is 0. The van der Waals surface area contributed by atoms with E-state index in [-0.39, 0.29) is 0 Å². The number of hydrogen-bond acceptors (Lipinski definition) is 4. The van der Waals surface area contributed by atoms with Gasteiger partial charge in [0, 0.05) is 6.20 Å². The predicted molar refractivity (Wildman–Crippen MR) is 68.6 cm³/mol. The summed E-state index contributed by atoms with van der Waals surface area (Å²) in [6.07, 6.45) is 1.81. The summed E-state index contributed by atoms with van der Waals surface area (Å²) in [5, 5.41) is 7.54. The monoisotopic (exact) mass is 268 g/mol.